The fourth-order valence-electron chi connectivity index (χ4n) is 3.90. The predicted octanol–water partition coefficient (Wildman–Crippen LogP) is 3.68. The molecule has 3 rings (SSSR count). The van der Waals surface area contributed by atoms with E-state index in [0.29, 0.717) is 27.8 Å². The first-order chi connectivity index (χ1) is 13.5. The summed E-state index contributed by atoms with van der Waals surface area (Å²) in [5.74, 6) is -3.79. The van der Waals surface area contributed by atoms with E-state index >= 15 is 0 Å². The fourth-order valence-corrected chi connectivity index (χ4v) is 4.37. The maximum Gasteiger partial charge on any atom is 0.407 e. The molecule has 0 saturated carbocycles. The Kier molecular flexibility index (Phi) is 5.87. The van der Waals surface area contributed by atoms with Gasteiger partial charge < -0.3 is 24.2 Å². The first-order valence-electron chi connectivity index (χ1n) is 9.01. The summed E-state index contributed by atoms with van der Waals surface area (Å²) < 4.78 is 15.7. The van der Waals surface area contributed by atoms with E-state index in [0.717, 1.165) is 0 Å². The molecule has 2 aliphatic heterocycles. The molecule has 10 heteroatoms. The predicted molar refractivity (Wildman–Crippen MR) is 103 cm³/mol. The van der Waals surface area contributed by atoms with E-state index in [9.17, 15) is 19.5 Å². The third-order valence-corrected chi connectivity index (χ3v) is 5.97. The summed E-state index contributed by atoms with van der Waals surface area (Å²) in [7, 11) is 1.49. The highest BCUT2D eigenvalue weighted by molar-refractivity contribution is 6.42. The Hall–Kier alpha value is -2.19. The Balaban J connectivity index is 1.86. The molecule has 0 bridgehead atoms. The minimum absolute atomic E-state index is 0.0446. The highest BCUT2D eigenvalue weighted by atomic mass is 35.5. The van der Waals surface area contributed by atoms with Crippen LogP contribution in [0.4, 0.5) is 4.79 Å². The van der Waals surface area contributed by atoms with Gasteiger partial charge in [0.25, 0.3) is 5.79 Å². The molecule has 1 N–H and O–H groups in total. The lowest BCUT2D eigenvalue weighted by Crippen LogP contribution is -2.48. The van der Waals surface area contributed by atoms with Crippen LogP contribution in [0.1, 0.15) is 38.2 Å². The maximum absolute atomic E-state index is 12.3. The number of amides is 1. The molecule has 1 aromatic carbocycles. The van der Waals surface area contributed by atoms with Gasteiger partial charge in [-0.2, -0.15) is 0 Å². The van der Waals surface area contributed by atoms with Crippen LogP contribution in [0.25, 0.3) is 0 Å². The maximum atomic E-state index is 12.3. The Morgan fingerprint density at radius 1 is 1.28 bits per heavy atom. The first kappa shape index (κ1) is 21.5. The van der Waals surface area contributed by atoms with E-state index in [-0.39, 0.29) is 18.9 Å². The van der Waals surface area contributed by atoms with Crippen LogP contribution in [-0.2, 0) is 19.1 Å². The zero-order valence-corrected chi connectivity index (χ0v) is 17.6. The van der Waals surface area contributed by atoms with Crippen molar-refractivity contribution in [2.45, 2.75) is 44.4 Å². The van der Waals surface area contributed by atoms with Gasteiger partial charge in [0.1, 0.15) is 5.75 Å². The van der Waals surface area contributed by atoms with Crippen LogP contribution >= 0.6 is 23.2 Å². The average molecular weight is 446 g/mol. The fraction of sp³-hybridized carbons (Fsp3) is 0.526. The lowest BCUT2D eigenvalue weighted by atomic mass is 9.91. The van der Waals surface area contributed by atoms with Crippen molar-refractivity contribution in [1.29, 1.82) is 0 Å². The van der Waals surface area contributed by atoms with Gasteiger partial charge in [0.15, 0.2) is 5.92 Å². The van der Waals surface area contributed by atoms with Gasteiger partial charge in [0.05, 0.1) is 17.2 Å². The number of methoxy groups -OCH3 is 1. The van der Waals surface area contributed by atoms with Crippen molar-refractivity contribution >= 4 is 41.2 Å². The molecule has 1 amide bonds. The van der Waals surface area contributed by atoms with E-state index in [4.69, 9.17) is 37.4 Å². The smallest absolute Gasteiger partial charge is 0.407 e. The number of rotatable bonds is 4. The number of halogens is 2. The van der Waals surface area contributed by atoms with Crippen molar-refractivity contribution < 1.29 is 33.7 Å². The van der Waals surface area contributed by atoms with Crippen LogP contribution in [0.2, 0.25) is 10.0 Å². The highest BCUT2D eigenvalue weighted by Gasteiger charge is 2.47. The summed E-state index contributed by atoms with van der Waals surface area (Å²) in [4.78, 5) is 37.6. The van der Waals surface area contributed by atoms with Crippen molar-refractivity contribution in [2.75, 3.05) is 13.7 Å². The normalized spacial score (nSPS) is 24.2. The summed E-state index contributed by atoms with van der Waals surface area (Å²) in [5.41, 5.74) is 0.602. The van der Waals surface area contributed by atoms with E-state index in [2.05, 4.69) is 0 Å². The van der Waals surface area contributed by atoms with Crippen molar-refractivity contribution in [2.24, 2.45) is 5.92 Å². The minimum atomic E-state index is -1.34. The Bertz CT molecular complexity index is 837. The second kappa shape index (κ2) is 7.91. The number of hydrogen-bond acceptors (Lipinski definition) is 6. The summed E-state index contributed by atoms with van der Waals surface area (Å²) in [5, 5.41) is 10.3. The van der Waals surface area contributed by atoms with Crippen LogP contribution in [-0.4, -0.2) is 53.5 Å². The molecule has 8 nitrogen and oxygen atoms in total. The first-order valence-corrected chi connectivity index (χ1v) is 9.76. The summed E-state index contributed by atoms with van der Waals surface area (Å²) in [6.07, 6.45) is -0.868. The molecule has 0 unspecified atom stereocenters. The number of nitrogens with zero attached hydrogens (tertiary/aromatic N) is 1. The molecule has 158 valence electrons. The number of cyclic esters (lactones) is 2. The van der Waals surface area contributed by atoms with Crippen LogP contribution in [0, 0.1) is 5.92 Å². The van der Waals surface area contributed by atoms with Gasteiger partial charge >= 0.3 is 18.0 Å². The van der Waals surface area contributed by atoms with E-state index in [1.54, 1.807) is 12.1 Å². The number of esters is 2. The highest BCUT2D eigenvalue weighted by Crippen LogP contribution is 2.44. The Labute approximate surface area is 177 Å². The van der Waals surface area contributed by atoms with Crippen molar-refractivity contribution in [3.8, 4) is 5.75 Å². The Morgan fingerprint density at radius 3 is 2.45 bits per heavy atom. The summed E-state index contributed by atoms with van der Waals surface area (Å²) >= 11 is 12.5. The largest absolute Gasteiger partial charge is 0.496 e. The monoisotopic (exact) mass is 445 g/mol. The van der Waals surface area contributed by atoms with Crippen molar-refractivity contribution in [1.82, 2.24) is 4.90 Å². The molecule has 2 aliphatic rings. The van der Waals surface area contributed by atoms with Crippen molar-refractivity contribution in [3.63, 3.8) is 0 Å². The lowest BCUT2D eigenvalue weighted by Gasteiger charge is -2.34. The lowest BCUT2D eigenvalue weighted by molar-refractivity contribution is -0.240. The number of carbonyl (C=O) groups is 3. The average Bonchev–Trinajstić information content (AvgIpc) is 3.03. The molecule has 0 aliphatic carbocycles. The van der Waals surface area contributed by atoms with Crippen LogP contribution in [0.3, 0.4) is 0 Å². The molecular weight excluding hydrogens is 425 g/mol. The third kappa shape index (κ3) is 4.23. The standard InChI is InChI=1S/C19H21Cl2NO7/c1-19(2)28-16(23)11(17(24)29-19)7-10-6-9(8-22(10)18(25)26)14-13(27-3)5-4-12(20)15(14)21/h4-5,9-11H,6-8H2,1-3H3,(H,25,26)/t9-,10-/m0/s1. The van der Waals surface area contributed by atoms with Crippen LogP contribution in [0.5, 0.6) is 5.75 Å². The van der Waals surface area contributed by atoms with Crippen molar-refractivity contribution in [3.05, 3.63) is 27.7 Å². The molecule has 0 spiro atoms. The van der Waals surface area contributed by atoms with Gasteiger partial charge in [-0.1, -0.05) is 23.2 Å². The van der Waals surface area contributed by atoms with Gasteiger partial charge in [0.2, 0.25) is 0 Å². The zero-order valence-electron chi connectivity index (χ0n) is 16.1. The van der Waals surface area contributed by atoms with Crippen LogP contribution < -0.4 is 4.74 Å². The summed E-state index contributed by atoms with van der Waals surface area (Å²) in [6, 6.07) is 2.66. The number of carbonyl (C=O) groups excluding carboxylic acids is 2. The van der Waals surface area contributed by atoms with Gasteiger partial charge in [-0.25, -0.2) is 4.79 Å². The molecule has 2 fully saturated rings. The quantitative estimate of drug-likeness (QED) is 0.556. The molecule has 29 heavy (non-hydrogen) atoms. The molecule has 2 heterocycles. The molecular formula is C19H21Cl2NO7. The van der Waals surface area contributed by atoms with Gasteiger partial charge in [-0.3, -0.25) is 9.59 Å². The van der Waals surface area contributed by atoms with E-state index in [1.165, 1.54) is 25.9 Å². The Morgan fingerprint density at radius 2 is 1.90 bits per heavy atom. The topological polar surface area (TPSA) is 102 Å². The van der Waals surface area contributed by atoms with E-state index < -0.39 is 35.8 Å². The number of ether oxygens (including phenoxy) is 3. The zero-order chi connectivity index (χ0) is 21.5. The number of carboxylic acid groups (broad SMARTS) is 1. The van der Waals surface area contributed by atoms with Gasteiger partial charge in [0, 0.05) is 37.9 Å². The minimum Gasteiger partial charge on any atom is -0.496 e. The number of hydrogen-bond donors (Lipinski definition) is 1. The SMILES string of the molecule is COc1ccc(Cl)c(Cl)c1[C@H]1C[C@@H](CC2C(=O)OC(C)(C)OC2=O)N(C(=O)O)C1. The third-order valence-electron chi connectivity index (χ3n) is 5.15. The second-order valence-corrected chi connectivity index (χ2v) is 8.31. The van der Waals surface area contributed by atoms with Crippen LogP contribution in [0.15, 0.2) is 12.1 Å². The van der Waals surface area contributed by atoms with E-state index in [1.807, 2.05) is 0 Å². The van der Waals surface area contributed by atoms with Gasteiger partial charge in [-0.15, -0.1) is 0 Å². The second-order valence-electron chi connectivity index (χ2n) is 7.53. The summed E-state index contributed by atoms with van der Waals surface area (Å²) in [6.45, 7) is 3.04. The molecule has 2 saturated heterocycles. The molecule has 0 aromatic heterocycles. The number of likely N-dealkylation sites (tertiary alicyclic amines) is 1. The van der Waals surface area contributed by atoms with Gasteiger partial charge in [-0.05, 0) is 25.0 Å². The number of benzene rings is 1. The molecule has 1 aromatic rings. The molecule has 2 atom stereocenters. The molecule has 0 radical (unpaired) electrons.